The van der Waals surface area contributed by atoms with Gasteiger partial charge in [-0.3, -0.25) is 9.59 Å². The van der Waals surface area contributed by atoms with Crippen LogP contribution in [-0.4, -0.2) is 46.5 Å². The Morgan fingerprint density at radius 3 is 2.65 bits per heavy atom. The van der Waals surface area contributed by atoms with Gasteiger partial charge in [0.15, 0.2) is 11.5 Å². The number of fused-ring (bicyclic) bond motifs is 1. The molecule has 0 atom stereocenters. The molecule has 0 radical (unpaired) electrons. The van der Waals surface area contributed by atoms with Crippen LogP contribution in [0.5, 0.6) is 11.5 Å². The van der Waals surface area contributed by atoms with Crippen LogP contribution in [0.3, 0.4) is 0 Å². The van der Waals surface area contributed by atoms with E-state index < -0.39 is 0 Å². The van der Waals surface area contributed by atoms with E-state index in [9.17, 15) is 9.59 Å². The lowest BCUT2D eigenvalue weighted by Crippen LogP contribution is -2.33. The molecule has 2 heterocycles. The molecule has 0 aliphatic carbocycles. The predicted molar refractivity (Wildman–Crippen MR) is 133 cm³/mol. The summed E-state index contributed by atoms with van der Waals surface area (Å²) in [5.41, 5.74) is 1.78. The summed E-state index contributed by atoms with van der Waals surface area (Å²) in [4.78, 5) is 38.9. The van der Waals surface area contributed by atoms with E-state index in [0.717, 1.165) is 10.6 Å². The zero-order valence-electron chi connectivity index (χ0n) is 18.9. The zero-order valence-corrected chi connectivity index (χ0v) is 20.5. The van der Waals surface area contributed by atoms with Crippen molar-refractivity contribution < 1.29 is 14.3 Å². The summed E-state index contributed by atoms with van der Waals surface area (Å²) >= 11 is 7.49. The van der Waals surface area contributed by atoms with E-state index in [1.54, 1.807) is 37.3 Å². The molecule has 0 saturated heterocycles. The molecule has 4 aromatic rings. The first kappa shape index (κ1) is 23.7. The number of thiazole rings is 1. The van der Waals surface area contributed by atoms with Crippen molar-refractivity contribution in [1.82, 2.24) is 19.9 Å². The summed E-state index contributed by atoms with van der Waals surface area (Å²) in [5.74, 6) is 1.54. The van der Waals surface area contributed by atoms with Crippen molar-refractivity contribution in [2.45, 2.75) is 19.9 Å². The predicted octanol–water partition coefficient (Wildman–Crippen LogP) is 4.31. The number of nitrogens with zero attached hydrogens (tertiary/aromatic N) is 3. The number of hydrogen-bond acceptors (Lipinski definition) is 7. The molecule has 2 aromatic carbocycles. The number of rotatable bonds is 8. The normalized spacial score (nSPS) is 10.9. The number of nitrogens with one attached hydrogen (secondary N) is 1. The van der Waals surface area contributed by atoms with Crippen LogP contribution in [0, 0.1) is 0 Å². The number of aromatic nitrogens is 3. The van der Waals surface area contributed by atoms with Gasteiger partial charge in [-0.2, -0.15) is 0 Å². The highest BCUT2D eigenvalue weighted by atomic mass is 35.5. The number of carbonyl (C=O) groups is 1. The minimum atomic E-state index is -0.265. The molecular weight excluding hydrogens is 476 g/mol. The second-order valence-corrected chi connectivity index (χ2v) is 8.77. The molecule has 176 valence electrons. The Morgan fingerprint density at radius 2 is 1.91 bits per heavy atom. The molecule has 1 N–H and O–H groups in total. The number of H-pyrrole nitrogens is 1. The van der Waals surface area contributed by atoms with Crippen LogP contribution in [0.4, 0.5) is 0 Å². The first-order chi connectivity index (χ1) is 16.4. The van der Waals surface area contributed by atoms with E-state index in [1.165, 1.54) is 11.3 Å². The summed E-state index contributed by atoms with van der Waals surface area (Å²) in [6.45, 7) is 2.52. The lowest BCUT2D eigenvalue weighted by atomic mass is 10.2. The average Bonchev–Trinajstić information content (AvgIpc) is 3.30. The third-order valence-corrected chi connectivity index (χ3v) is 6.48. The molecule has 0 bridgehead atoms. The fourth-order valence-corrected chi connectivity index (χ4v) is 4.53. The summed E-state index contributed by atoms with van der Waals surface area (Å²) in [6.07, 6.45) is 0.140. The Hall–Kier alpha value is -3.43. The topological polar surface area (TPSA) is 97.4 Å². The molecule has 0 aliphatic heterocycles. The van der Waals surface area contributed by atoms with Gasteiger partial charge in [0.25, 0.3) is 5.56 Å². The van der Waals surface area contributed by atoms with Gasteiger partial charge < -0.3 is 19.4 Å². The Balaban J connectivity index is 1.50. The number of amides is 1. The van der Waals surface area contributed by atoms with Crippen LogP contribution < -0.4 is 15.0 Å². The van der Waals surface area contributed by atoms with E-state index in [2.05, 4.69) is 15.0 Å². The van der Waals surface area contributed by atoms with Gasteiger partial charge in [0.2, 0.25) is 5.91 Å². The van der Waals surface area contributed by atoms with Crippen molar-refractivity contribution in [3.05, 3.63) is 68.7 Å². The number of hydrogen-bond donors (Lipinski definition) is 1. The van der Waals surface area contributed by atoms with Gasteiger partial charge in [0, 0.05) is 22.5 Å². The SMILES string of the molecule is CCN(Cc1nc2cc(Cl)ccc2c(=O)[nH]1)C(=O)Cc1csc(-c2ccc(OC)c(OC)c2)n1. The van der Waals surface area contributed by atoms with Crippen LogP contribution >= 0.6 is 22.9 Å². The maximum atomic E-state index is 13.0. The summed E-state index contributed by atoms with van der Waals surface area (Å²) in [6, 6.07) is 10.5. The van der Waals surface area contributed by atoms with Crippen LogP contribution in [0.1, 0.15) is 18.4 Å². The molecule has 0 spiro atoms. The van der Waals surface area contributed by atoms with E-state index in [4.69, 9.17) is 21.1 Å². The molecule has 0 fully saturated rings. The lowest BCUT2D eigenvalue weighted by molar-refractivity contribution is -0.131. The highest BCUT2D eigenvalue weighted by Crippen LogP contribution is 2.33. The molecular formula is C24H23ClN4O4S. The van der Waals surface area contributed by atoms with Crippen molar-refractivity contribution in [3.63, 3.8) is 0 Å². The number of likely N-dealkylation sites (N-methyl/N-ethyl adjacent to an activating group) is 1. The van der Waals surface area contributed by atoms with Crippen molar-refractivity contribution in [2.75, 3.05) is 20.8 Å². The number of methoxy groups -OCH3 is 2. The number of aromatic amines is 1. The Labute approximate surface area is 205 Å². The van der Waals surface area contributed by atoms with Gasteiger partial charge in [-0.05, 0) is 43.3 Å². The fraction of sp³-hybridized carbons (Fsp3) is 0.250. The molecule has 2 aromatic heterocycles. The maximum absolute atomic E-state index is 13.0. The second kappa shape index (κ2) is 10.2. The summed E-state index contributed by atoms with van der Waals surface area (Å²) in [5, 5.41) is 3.60. The Bertz CT molecular complexity index is 1400. The average molecular weight is 499 g/mol. The van der Waals surface area contributed by atoms with Crippen molar-refractivity contribution in [1.29, 1.82) is 0 Å². The monoisotopic (exact) mass is 498 g/mol. The molecule has 4 rings (SSSR count). The van der Waals surface area contributed by atoms with E-state index in [0.29, 0.717) is 45.5 Å². The second-order valence-electron chi connectivity index (χ2n) is 7.47. The largest absolute Gasteiger partial charge is 0.493 e. The van der Waals surface area contributed by atoms with Gasteiger partial charge in [0.1, 0.15) is 10.8 Å². The summed E-state index contributed by atoms with van der Waals surface area (Å²) < 4.78 is 10.6. The maximum Gasteiger partial charge on any atom is 0.258 e. The molecule has 0 saturated carbocycles. The van der Waals surface area contributed by atoms with E-state index in [-0.39, 0.29) is 24.4 Å². The third-order valence-electron chi connectivity index (χ3n) is 5.31. The van der Waals surface area contributed by atoms with Crippen LogP contribution in [-0.2, 0) is 17.8 Å². The number of carbonyl (C=O) groups excluding carboxylic acids is 1. The molecule has 8 nitrogen and oxygen atoms in total. The van der Waals surface area contributed by atoms with Crippen molar-refractivity contribution >= 4 is 39.7 Å². The van der Waals surface area contributed by atoms with Gasteiger partial charge in [-0.25, -0.2) is 9.97 Å². The van der Waals surface area contributed by atoms with Gasteiger partial charge in [-0.15, -0.1) is 11.3 Å². The first-order valence-corrected chi connectivity index (χ1v) is 11.8. The number of ether oxygens (including phenoxy) is 2. The van der Waals surface area contributed by atoms with Crippen LogP contribution in [0.25, 0.3) is 21.5 Å². The Kier molecular flexibility index (Phi) is 7.14. The molecule has 10 heteroatoms. The lowest BCUT2D eigenvalue weighted by Gasteiger charge is -2.20. The number of halogens is 1. The van der Waals surface area contributed by atoms with Crippen molar-refractivity contribution in [3.8, 4) is 22.1 Å². The fourth-order valence-electron chi connectivity index (χ4n) is 3.55. The Morgan fingerprint density at radius 1 is 1.12 bits per heavy atom. The zero-order chi connectivity index (χ0) is 24.2. The van der Waals surface area contributed by atoms with Crippen LogP contribution in [0.15, 0.2) is 46.6 Å². The minimum absolute atomic E-state index is 0.111. The van der Waals surface area contributed by atoms with Gasteiger partial charge in [-0.1, -0.05) is 11.6 Å². The molecule has 1 amide bonds. The standard InChI is InChI=1S/C24H23ClN4O4S/c1-4-29(12-21-27-18-10-15(25)6-7-17(18)23(31)28-21)22(30)11-16-13-34-24(26-16)14-5-8-19(32-2)20(9-14)33-3/h5-10,13H,4,11-12H2,1-3H3,(H,27,28,31). The molecule has 0 unspecified atom stereocenters. The smallest absolute Gasteiger partial charge is 0.258 e. The van der Waals surface area contributed by atoms with Crippen LogP contribution in [0.2, 0.25) is 5.02 Å². The highest BCUT2D eigenvalue weighted by Gasteiger charge is 2.17. The highest BCUT2D eigenvalue weighted by molar-refractivity contribution is 7.13. The molecule has 0 aliphatic rings. The van der Waals surface area contributed by atoms with E-state index in [1.807, 2.05) is 30.5 Å². The summed E-state index contributed by atoms with van der Waals surface area (Å²) in [7, 11) is 3.17. The minimum Gasteiger partial charge on any atom is -0.493 e. The van der Waals surface area contributed by atoms with Crippen molar-refractivity contribution in [2.24, 2.45) is 0 Å². The van der Waals surface area contributed by atoms with Gasteiger partial charge in [0.05, 0.1) is 43.8 Å². The third kappa shape index (κ3) is 5.05. The molecule has 34 heavy (non-hydrogen) atoms. The number of benzene rings is 2. The quantitative estimate of drug-likeness (QED) is 0.389. The first-order valence-electron chi connectivity index (χ1n) is 10.5. The van der Waals surface area contributed by atoms with Gasteiger partial charge >= 0.3 is 0 Å². The van der Waals surface area contributed by atoms with E-state index >= 15 is 0 Å².